The minimum atomic E-state index is 0.173. The lowest BCUT2D eigenvalue weighted by Gasteiger charge is -2.34. The zero-order valence-corrected chi connectivity index (χ0v) is 13.5. The Morgan fingerprint density at radius 3 is 2.65 bits per heavy atom. The van der Waals surface area contributed by atoms with Gasteiger partial charge in [0.15, 0.2) is 0 Å². The molecule has 1 N–H and O–H groups in total. The van der Waals surface area contributed by atoms with Crippen LogP contribution in [0.5, 0.6) is 0 Å². The zero-order chi connectivity index (χ0) is 15.9. The average Bonchev–Trinajstić information content (AvgIpc) is 2.64. The third kappa shape index (κ3) is 4.51. The summed E-state index contributed by atoms with van der Waals surface area (Å²) in [6.07, 6.45) is 10.8. The van der Waals surface area contributed by atoms with E-state index in [1.54, 1.807) is 12.4 Å². The molecule has 0 bridgehead atoms. The molecule has 23 heavy (non-hydrogen) atoms. The third-order valence-electron chi connectivity index (χ3n) is 4.57. The highest BCUT2D eigenvalue weighted by molar-refractivity contribution is 5.78. The molecule has 1 amide bonds. The Bertz CT molecular complexity index is 525. The molecular weight excluding hydrogens is 290 g/mol. The first-order valence-electron chi connectivity index (χ1n) is 8.50. The van der Waals surface area contributed by atoms with Crippen LogP contribution in [-0.2, 0) is 4.79 Å². The van der Waals surface area contributed by atoms with Crippen LogP contribution >= 0.6 is 0 Å². The fourth-order valence-corrected chi connectivity index (χ4v) is 3.14. The first-order chi connectivity index (χ1) is 11.3. The van der Waals surface area contributed by atoms with Gasteiger partial charge in [-0.25, -0.2) is 9.97 Å². The number of nitrogens with zero attached hydrogens (tertiary/aromatic N) is 4. The summed E-state index contributed by atoms with van der Waals surface area (Å²) >= 11 is 0. The van der Waals surface area contributed by atoms with Crippen molar-refractivity contribution in [1.82, 2.24) is 20.2 Å². The van der Waals surface area contributed by atoms with Gasteiger partial charge in [-0.05, 0) is 25.3 Å². The summed E-state index contributed by atoms with van der Waals surface area (Å²) in [5.41, 5.74) is 0. The van der Waals surface area contributed by atoms with E-state index in [0.717, 1.165) is 64.5 Å². The Labute approximate surface area is 137 Å². The Hall–Kier alpha value is -1.95. The first kappa shape index (κ1) is 15.9. The summed E-state index contributed by atoms with van der Waals surface area (Å²) in [6.45, 7) is 5.50. The quantitative estimate of drug-likeness (QED) is 0.824. The van der Waals surface area contributed by atoms with E-state index in [9.17, 15) is 4.79 Å². The van der Waals surface area contributed by atoms with Gasteiger partial charge in [0.1, 0.15) is 0 Å². The molecule has 0 aromatic carbocycles. The number of nitrogens with one attached hydrogen (secondary N) is 1. The fourth-order valence-electron chi connectivity index (χ4n) is 3.14. The lowest BCUT2D eigenvalue weighted by molar-refractivity contribution is -0.125. The molecule has 1 aromatic rings. The standard InChI is InChI=1S/C17H25N5O/c23-16(15-5-2-1-3-6-15)18-9-10-21-11-13-22(14-12-21)17-19-7-4-8-20-17/h1-2,4,7-8,15H,3,5-6,9-14H2,(H,18,23). The normalized spacial score (nSPS) is 22.1. The molecule has 1 atom stereocenters. The molecule has 1 unspecified atom stereocenters. The van der Waals surface area contributed by atoms with Crippen molar-refractivity contribution in [1.29, 1.82) is 0 Å². The number of carbonyl (C=O) groups is 1. The molecule has 124 valence electrons. The molecule has 0 radical (unpaired) electrons. The van der Waals surface area contributed by atoms with E-state index in [-0.39, 0.29) is 11.8 Å². The molecule has 6 nitrogen and oxygen atoms in total. The van der Waals surface area contributed by atoms with Gasteiger partial charge in [0.05, 0.1) is 0 Å². The topological polar surface area (TPSA) is 61.4 Å². The largest absolute Gasteiger partial charge is 0.355 e. The second-order valence-electron chi connectivity index (χ2n) is 6.15. The molecule has 1 aliphatic heterocycles. The Morgan fingerprint density at radius 1 is 1.17 bits per heavy atom. The van der Waals surface area contributed by atoms with Crippen LogP contribution in [-0.4, -0.2) is 60.0 Å². The van der Waals surface area contributed by atoms with Gasteiger partial charge in [0, 0.05) is 57.6 Å². The Balaban J connectivity index is 1.35. The highest BCUT2D eigenvalue weighted by Gasteiger charge is 2.20. The summed E-state index contributed by atoms with van der Waals surface area (Å²) in [4.78, 5) is 25.3. The van der Waals surface area contributed by atoms with E-state index in [2.05, 4.69) is 37.2 Å². The van der Waals surface area contributed by atoms with E-state index in [4.69, 9.17) is 0 Å². The van der Waals surface area contributed by atoms with Crippen molar-refractivity contribution in [2.24, 2.45) is 5.92 Å². The zero-order valence-electron chi connectivity index (χ0n) is 13.5. The number of aromatic nitrogens is 2. The SMILES string of the molecule is O=C(NCCN1CCN(c2ncccn2)CC1)C1CC=CCC1. The fraction of sp³-hybridized carbons (Fsp3) is 0.588. The first-order valence-corrected chi connectivity index (χ1v) is 8.50. The van der Waals surface area contributed by atoms with Crippen LogP contribution in [0, 0.1) is 5.92 Å². The molecule has 1 aliphatic carbocycles. The number of anilines is 1. The molecule has 1 fully saturated rings. The number of allylic oxidation sites excluding steroid dienone is 2. The van der Waals surface area contributed by atoms with E-state index >= 15 is 0 Å². The number of hydrogen-bond acceptors (Lipinski definition) is 5. The van der Waals surface area contributed by atoms with Crippen LogP contribution in [0.2, 0.25) is 0 Å². The molecule has 0 spiro atoms. The van der Waals surface area contributed by atoms with Gasteiger partial charge in [-0.15, -0.1) is 0 Å². The minimum Gasteiger partial charge on any atom is -0.355 e. The van der Waals surface area contributed by atoms with Crippen LogP contribution in [0.4, 0.5) is 5.95 Å². The monoisotopic (exact) mass is 315 g/mol. The highest BCUT2D eigenvalue weighted by atomic mass is 16.1. The van der Waals surface area contributed by atoms with Crippen molar-refractivity contribution in [3.8, 4) is 0 Å². The third-order valence-corrected chi connectivity index (χ3v) is 4.57. The summed E-state index contributed by atoms with van der Waals surface area (Å²) in [5, 5.41) is 3.09. The molecule has 0 saturated carbocycles. The number of amides is 1. The van der Waals surface area contributed by atoms with E-state index < -0.39 is 0 Å². The molecular formula is C17H25N5O. The van der Waals surface area contributed by atoms with Crippen LogP contribution in [0.15, 0.2) is 30.6 Å². The van der Waals surface area contributed by atoms with E-state index in [1.807, 2.05) is 6.07 Å². The van der Waals surface area contributed by atoms with Crippen LogP contribution in [0.25, 0.3) is 0 Å². The average molecular weight is 315 g/mol. The highest BCUT2D eigenvalue weighted by Crippen LogP contribution is 2.17. The van der Waals surface area contributed by atoms with Crippen LogP contribution in [0.1, 0.15) is 19.3 Å². The molecule has 2 aliphatic rings. The van der Waals surface area contributed by atoms with Gasteiger partial charge in [0.25, 0.3) is 0 Å². The number of piperazine rings is 1. The molecule has 1 aromatic heterocycles. The van der Waals surface area contributed by atoms with Crippen molar-refractivity contribution in [3.05, 3.63) is 30.6 Å². The Kier molecular flexibility index (Phi) is 5.58. The van der Waals surface area contributed by atoms with Gasteiger partial charge >= 0.3 is 0 Å². The lowest BCUT2D eigenvalue weighted by Crippen LogP contribution is -2.49. The summed E-state index contributed by atoms with van der Waals surface area (Å²) in [7, 11) is 0. The second kappa shape index (κ2) is 8.06. The predicted octanol–water partition coefficient (Wildman–Crippen LogP) is 1.07. The maximum Gasteiger partial charge on any atom is 0.225 e. The summed E-state index contributed by atoms with van der Waals surface area (Å²) in [5.74, 6) is 1.20. The summed E-state index contributed by atoms with van der Waals surface area (Å²) in [6, 6.07) is 1.84. The number of hydrogen-bond donors (Lipinski definition) is 1. The van der Waals surface area contributed by atoms with Crippen molar-refractivity contribution >= 4 is 11.9 Å². The maximum atomic E-state index is 12.1. The molecule has 6 heteroatoms. The van der Waals surface area contributed by atoms with Crippen molar-refractivity contribution in [3.63, 3.8) is 0 Å². The predicted molar refractivity (Wildman–Crippen MR) is 90.2 cm³/mol. The number of carbonyl (C=O) groups excluding carboxylic acids is 1. The van der Waals surface area contributed by atoms with Crippen molar-refractivity contribution < 1.29 is 4.79 Å². The molecule has 1 saturated heterocycles. The smallest absolute Gasteiger partial charge is 0.225 e. The van der Waals surface area contributed by atoms with Crippen LogP contribution < -0.4 is 10.2 Å². The van der Waals surface area contributed by atoms with Gasteiger partial charge in [0.2, 0.25) is 11.9 Å². The maximum absolute atomic E-state index is 12.1. The lowest BCUT2D eigenvalue weighted by atomic mass is 9.94. The second-order valence-corrected chi connectivity index (χ2v) is 6.15. The molecule has 2 heterocycles. The minimum absolute atomic E-state index is 0.173. The molecule has 3 rings (SSSR count). The number of rotatable bonds is 5. The summed E-state index contributed by atoms with van der Waals surface area (Å²) < 4.78 is 0. The van der Waals surface area contributed by atoms with Gasteiger partial charge in [-0.2, -0.15) is 0 Å². The Morgan fingerprint density at radius 2 is 1.96 bits per heavy atom. The van der Waals surface area contributed by atoms with Crippen molar-refractivity contribution in [2.75, 3.05) is 44.2 Å². The van der Waals surface area contributed by atoms with E-state index in [1.165, 1.54) is 0 Å². The van der Waals surface area contributed by atoms with Gasteiger partial charge in [-0.3, -0.25) is 9.69 Å². The van der Waals surface area contributed by atoms with Gasteiger partial charge < -0.3 is 10.2 Å². The van der Waals surface area contributed by atoms with Crippen molar-refractivity contribution in [2.45, 2.75) is 19.3 Å². The van der Waals surface area contributed by atoms with E-state index in [0.29, 0.717) is 0 Å². The van der Waals surface area contributed by atoms with Crippen LogP contribution in [0.3, 0.4) is 0 Å². The van der Waals surface area contributed by atoms with Gasteiger partial charge in [-0.1, -0.05) is 12.2 Å².